The van der Waals surface area contributed by atoms with Gasteiger partial charge >= 0.3 is 6.09 Å². The average molecular weight is 297 g/mol. The van der Waals surface area contributed by atoms with Crippen molar-refractivity contribution in [2.24, 2.45) is 11.7 Å². The van der Waals surface area contributed by atoms with Crippen LogP contribution in [0.3, 0.4) is 0 Å². The Balaban J connectivity index is 1.77. The van der Waals surface area contributed by atoms with E-state index in [-0.39, 0.29) is 6.09 Å². The molecule has 122 valence electrons. The summed E-state index contributed by atoms with van der Waals surface area (Å²) < 4.78 is 5.51. The predicted octanol–water partition coefficient (Wildman–Crippen LogP) is 2.10. The van der Waals surface area contributed by atoms with Crippen molar-refractivity contribution in [1.82, 2.24) is 10.2 Å². The Morgan fingerprint density at radius 3 is 2.57 bits per heavy atom. The molecule has 2 aliphatic carbocycles. The molecule has 5 heteroatoms. The number of nitrogens with two attached hydrogens (primary N) is 1. The number of nitrogens with zero attached hydrogens (tertiary/aromatic N) is 1. The van der Waals surface area contributed by atoms with Crippen molar-refractivity contribution in [2.45, 2.75) is 70.6 Å². The number of carbonyl (C=O) groups excluding carboxylic acids is 1. The van der Waals surface area contributed by atoms with Gasteiger partial charge in [-0.25, -0.2) is 4.79 Å². The lowest BCUT2D eigenvalue weighted by Gasteiger charge is -2.28. The number of ether oxygens (including phenoxy) is 1. The molecule has 0 spiro atoms. The van der Waals surface area contributed by atoms with Gasteiger partial charge in [0.1, 0.15) is 5.60 Å². The molecule has 0 aromatic heterocycles. The molecular weight excluding hydrogens is 266 g/mol. The highest BCUT2D eigenvalue weighted by Crippen LogP contribution is 2.28. The summed E-state index contributed by atoms with van der Waals surface area (Å²) in [6.45, 7) is 8.07. The van der Waals surface area contributed by atoms with Crippen molar-refractivity contribution in [3.8, 4) is 0 Å². The fourth-order valence-electron chi connectivity index (χ4n) is 3.09. The van der Waals surface area contributed by atoms with E-state index in [0.717, 1.165) is 32.5 Å². The Kier molecular flexibility index (Phi) is 5.49. The van der Waals surface area contributed by atoms with Gasteiger partial charge in [-0.3, -0.25) is 0 Å². The third-order valence-electron chi connectivity index (χ3n) is 4.34. The zero-order chi connectivity index (χ0) is 15.5. The maximum Gasteiger partial charge on any atom is 0.410 e. The van der Waals surface area contributed by atoms with Gasteiger partial charge in [-0.1, -0.05) is 6.42 Å². The first-order valence-electron chi connectivity index (χ1n) is 8.34. The second-order valence-corrected chi connectivity index (χ2v) is 7.39. The van der Waals surface area contributed by atoms with Crippen LogP contribution < -0.4 is 11.1 Å². The van der Waals surface area contributed by atoms with Gasteiger partial charge in [0, 0.05) is 25.2 Å². The van der Waals surface area contributed by atoms with Crippen LogP contribution in [0, 0.1) is 5.92 Å². The molecule has 5 nitrogen and oxygen atoms in total. The summed E-state index contributed by atoms with van der Waals surface area (Å²) in [7, 11) is 0. The highest BCUT2D eigenvalue weighted by Gasteiger charge is 2.35. The Morgan fingerprint density at radius 1 is 1.29 bits per heavy atom. The van der Waals surface area contributed by atoms with Crippen LogP contribution in [0.25, 0.3) is 0 Å². The fourth-order valence-corrected chi connectivity index (χ4v) is 3.09. The lowest BCUT2D eigenvalue weighted by Crippen LogP contribution is -2.44. The van der Waals surface area contributed by atoms with Gasteiger partial charge in [0.15, 0.2) is 0 Å². The average Bonchev–Trinajstić information content (AvgIpc) is 3.11. The molecule has 0 radical (unpaired) electrons. The minimum atomic E-state index is -0.423. The first kappa shape index (κ1) is 16.6. The second kappa shape index (κ2) is 6.97. The van der Waals surface area contributed by atoms with Gasteiger partial charge in [0.25, 0.3) is 0 Å². The number of hydrogen-bond acceptors (Lipinski definition) is 4. The SMILES string of the molecule is CC(C)(C)OC(=O)N(CCNC1CCCC1CN)C1CC1. The van der Waals surface area contributed by atoms with Crippen molar-refractivity contribution in [2.75, 3.05) is 19.6 Å². The number of nitrogens with one attached hydrogen (secondary N) is 1. The van der Waals surface area contributed by atoms with Crippen molar-refractivity contribution in [1.29, 1.82) is 0 Å². The number of rotatable bonds is 6. The molecule has 0 heterocycles. The molecular formula is C16H31N3O2. The third-order valence-corrected chi connectivity index (χ3v) is 4.34. The van der Waals surface area contributed by atoms with E-state index < -0.39 is 5.60 Å². The van der Waals surface area contributed by atoms with E-state index in [4.69, 9.17) is 10.5 Å². The summed E-state index contributed by atoms with van der Waals surface area (Å²) in [6.07, 6.45) is 5.73. The summed E-state index contributed by atoms with van der Waals surface area (Å²) in [5, 5.41) is 3.58. The monoisotopic (exact) mass is 297 g/mol. The van der Waals surface area contributed by atoms with E-state index in [0.29, 0.717) is 18.0 Å². The number of carbonyl (C=O) groups is 1. The van der Waals surface area contributed by atoms with Crippen LogP contribution in [0.2, 0.25) is 0 Å². The van der Waals surface area contributed by atoms with E-state index in [1.807, 2.05) is 25.7 Å². The van der Waals surface area contributed by atoms with Crippen LogP contribution in [0.1, 0.15) is 52.9 Å². The van der Waals surface area contributed by atoms with Gasteiger partial charge in [-0.15, -0.1) is 0 Å². The summed E-state index contributed by atoms with van der Waals surface area (Å²) in [6, 6.07) is 0.908. The molecule has 3 N–H and O–H groups in total. The maximum absolute atomic E-state index is 12.2. The van der Waals surface area contributed by atoms with Gasteiger partial charge in [-0.05, 0) is 58.9 Å². The molecule has 0 aromatic carbocycles. The van der Waals surface area contributed by atoms with Crippen molar-refractivity contribution in [3.63, 3.8) is 0 Å². The summed E-state index contributed by atoms with van der Waals surface area (Å²) in [4.78, 5) is 14.1. The molecule has 1 amide bonds. The van der Waals surface area contributed by atoms with Crippen LogP contribution in [-0.2, 0) is 4.74 Å². The smallest absolute Gasteiger partial charge is 0.410 e. The van der Waals surface area contributed by atoms with E-state index in [1.165, 1.54) is 19.3 Å². The molecule has 2 aliphatic rings. The van der Waals surface area contributed by atoms with Crippen molar-refractivity contribution in [3.05, 3.63) is 0 Å². The van der Waals surface area contributed by atoms with E-state index >= 15 is 0 Å². The van der Waals surface area contributed by atoms with E-state index in [9.17, 15) is 4.79 Å². The molecule has 0 aliphatic heterocycles. The Bertz CT molecular complexity index is 350. The first-order valence-corrected chi connectivity index (χ1v) is 8.34. The van der Waals surface area contributed by atoms with Gasteiger partial charge in [0.05, 0.1) is 0 Å². The van der Waals surface area contributed by atoms with E-state index in [1.54, 1.807) is 0 Å². The fraction of sp³-hybridized carbons (Fsp3) is 0.938. The maximum atomic E-state index is 12.2. The zero-order valence-corrected chi connectivity index (χ0v) is 13.7. The van der Waals surface area contributed by atoms with Crippen LogP contribution in [0.15, 0.2) is 0 Å². The van der Waals surface area contributed by atoms with Crippen molar-refractivity contribution < 1.29 is 9.53 Å². The topological polar surface area (TPSA) is 67.6 Å². The molecule has 2 rings (SSSR count). The largest absolute Gasteiger partial charge is 0.444 e. The van der Waals surface area contributed by atoms with Crippen molar-refractivity contribution >= 4 is 6.09 Å². The lowest BCUT2D eigenvalue weighted by molar-refractivity contribution is 0.0234. The molecule has 2 unspecified atom stereocenters. The van der Waals surface area contributed by atoms with Gasteiger partial charge < -0.3 is 20.7 Å². The second-order valence-electron chi connectivity index (χ2n) is 7.39. The van der Waals surface area contributed by atoms with Crippen LogP contribution >= 0.6 is 0 Å². The molecule has 0 bridgehead atoms. The molecule has 2 saturated carbocycles. The first-order chi connectivity index (χ1) is 9.90. The molecule has 0 aromatic rings. The normalized spacial score (nSPS) is 25.9. The van der Waals surface area contributed by atoms with Crippen LogP contribution in [0.5, 0.6) is 0 Å². The quantitative estimate of drug-likeness (QED) is 0.788. The molecule has 2 fully saturated rings. The third kappa shape index (κ3) is 5.15. The lowest BCUT2D eigenvalue weighted by atomic mass is 10.0. The minimum absolute atomic E-state index is 0.173. The molecule has 21 heavy (non-hydrogen) atoms. The zero-order valence-electron chi connectivity index (χ0n) is 13.7. The Labute approximate surface area is 128 Å². The standard InChI is InChI=1S/C16H31N3O2/c1-16(2,3)21-15(20)19(13-7-8-13)10-9-18-14-6-4-5-12(14)11-17/h12-14,18H,4-11,17H2,1-3H3. The Hall–Kier alpha value is -0.810. The molecule has 2 atom stereocenters. The summed E-state index contributed by atoms with van der Waals surface area (Å²) in [5.74, 6) is 0.598. The summed E-state index contributed by atoms with van der Waals surface area (Å²) >= 11 is 0. The number of hydrogen-bond donors (Lipinski definition) is 2. The van der Waals surface area contributed by atoms with Gasteiger partial charge in [-0.2, -0.15) is 0 Å². The van der Waals surface area contributed by atoms with Crippen LogP contribution in [-0.4, -0.2) is 48.3 Å². The van der Waals surface area contributed by atoms with Crippen LogP contribution in [0.4, 0.5) is 4.79 Å². The minimum Gasteiger partial charge on any atom is -0.444 e. The molecule has 0 saturated heterocycles. The predicted molar refractivity (Wildman–Crippen MR) is 84.1 cm³/mol. The number of amides is 1. The highest BCUT2D eigenvalue weighted by molar-refractivity contribution is 5.69. The highest BCUT2D eigenvalue weighted by atomic mass is 16.6. The summed E-state index contributed by atoms with van der Waals surface area (Å²) in [5.41, 5.74) is 5.38. The van der Waals surface area contributed by atoms with E-state index in [2.05, 4.69) is 5.32 Å². The Morgan fingerprint density at radius 2 is 2.00 bits per heavy atom. The van der Waals surface area contributed by atoms with Gasteiger partial charge in [0.2, 0.25) is 0 Å².